The lowest BCUT2D eigenvalue weighted by molar-refractivity contribution is 0.173. The van der Waals surface area contributed by atoms with Crippen molar-refractivity contribution >= 4 is 0 Å². The SMILES string of the molecule is CNCc1cc2c(cc1OCc1cccnc1)OCO2. The lowest BCUT2D eigenvalue weighted by Gasteiger charge is -2.12. The minimum absolute atomic E-state index is 0.264. The molecule has 0 fully saturated rings. The standard InChI is InChI=1S/C15H16N2O3/c1-16-8-12-5-14-15(20-10-19-14)6-13(12)18-9-11-3-2-4-17-7-11/h2-7,16H,8-10H2,1H3. The summed E-state index contributed by atoms with van der Waals surface area (Å²) >= 11 is 0. The van der Waals surface area contributed by atoms with Crippen LogP contribution in [0.15, 0.2) is 36.7 Å². The second-order valence-electron chi connectivity index (χ2n) is 4.49. The van der Waals surface area contributed by atoms with Gasteiger partial charge in [-0.15, -0.1) is 0 Å². The van der Waals surface area contributed by atoms with Gasteiger partial charge >= 0.3 is 0 Å². The molecule has 0 spiro atoms. The number of fused-ring (bicyclic) bond motifs is 1. The Hall–Kier alpha value is -2.27. The van der Waals surface area contributed by atoms with Crippen molar-refractivity contribution in [3.63, 3.8) is 0 Å². The second kappa shape index (κ2) is 5.79. The topological polar surface area (TPSA) is 52.6 Å². The Labute approximate surface area is 117 Å². The van der Waals surface area contributed by atoms with Gasteiger partial charge in [-0.3, -0.25) is 4.98 Å². The molecule has 1 aromatic carbocycles. The molecule has 0 atom stereocenters. The van der Waals surface area contributed by atoms with Crippen molar-refractivity contribution in [1.82, 2.24) is 10.3 Å². The maximum atomic E-state index is 5.89. The zero-order chi connectivity index (χ0) is 13.8. The molecule has 1 aliphatic rings. The summed E-state index contributed by atoms with van der Waals surface area (Å²) in [6.45, 7) is 1.45. The van der Waals surface area contributed by atoms with Gasteiger partial charge in [0.25, 0.3) is 0 Å². The molecule has 0 unspecified atom stereocenters. The van der Waals surface area contributed by atoms with E-state index in [1.807, 2.05) is 31.3 Å². The summed E-state index contributed by atoms with van der Waals surface area (Å²) < 4.78 is 16.7. The van der Waals surface area contributed by atoms with Crippen LogP contribution in [0, 0.1) is 0 Å². The number of pyridine rings is 1. The number of hydrogen-bond acceptors (Lipinski definition) is 5. The summed E-state index contributed by atoms with van der Waals surface area (Å²) in [4.78, 5) is 4.08. The molecule has 0 saturated carbocycles. The van der Waals surface area contributed by atoms with Crippen molar-refractivity contribution in [3.05, 3.63) is 47.8 Å². The zero-order valence-electron chi connectivity index (χ0n) is 11.3. The molecule has 1 aliphatic heterocycles. The molecular formula is C15H16N2O3. The van der Waals surface area contributed by atoms with Crippen LogP contribution in [0.2, 0.25) is 0 Å². The van der Waals surface area contributed by atoms with Gasteiger partial charge in [0.2, 0.25) is 6.79 Å². The molecule has 1 N–H and O–H groups in total. The number of nitrogens with zero attached hydrogens (tertiary/aromatic N) is 1. The van der Waals surface area contributed by atoms with Crippen LogP contribution >= 0.6 is 0 Å². The first-order chi connectivity index (χ1) is 9.86. The van der Waals surface area contributed by atoms with E-state index < -0.39 is 0 Å². The van der Waals surface area contributed by atoms with Crippen LogP contribution in [-0.4, -0.2) is 18.8 Å². The van der Waals surface area contributed by atoms with Crippen LogP contribution < -0.4 is 19.5 Å². The van der Waals surface area contributed by atoms with Gasteiger partial charge in [-0.2, -0.15) is 0 Å². The van der Waals surface area contributed by atoms with Crippen LogP contribution in [0.25, 0.3) is 0 Å². The maximum Gasteiger partial charge on any atom is 0.231 e. The van der Waals surface area contributed by atoms with Crippen molar-refractivity contribution in [1.29, 1.82) is 0 Å². The molecule has 2 heterocycles. The number of hydrogen-bond donors (Lipinski definition) is 1. The van der Waals surface area contributed by atoms with Gasteiger partial charge in [0.1, 0.15) is 12.4 Å². The third-order valence-electron chi connectivity index (χ3n) is 3.04. The predicted molar refractivity (Wildman–Crippen MR) is 73.9 cm³/mol. The Morgan fingerprint density at radius 2 is 2.15 bits per heavy atom. The zero-order valence-corrected chi connectivity index (χ0v) is 11.3. The summed E-state index contributed by atoms with van der Waals surface area (Å²) in [5, 5.41) is 3.13. The van der Waals surface area contributed by atoms with E-state index in [9.17, 15) is 0 Å². The molecule has 2 aromatic rings. The maximum absolute atomic E-state index is 5.89. The van der Waals surface area contributed by atoms with Crippen molar-refractivity contribution in [2.24, 2.45) is 0 Å². The van der Waals surface area contributed by atoms with Crippen LogP contribution in [0.4, 0.5) is 0 Å². The first kappa shape index (κ1) is 12.7. The summed E-state index contributed by atoms with van der Waals surface area (Å²) in [5.41, 5.74) is 2.07. The van der Waals surface area contributed by atoms with E-state index in [1.165, 1.54) is 0 Å². The lowest BCUT2D eigenvalue weighted by atomic mass is 10.1. The highest BCUT2D eigenvalue weighted by atomic mass is 16.7. The molecule has 5 nitrogen and oxygen atoms in total. The number of aromatic nitrogens is 1. The van der Waals surface area contributed by atoms with Gasteiger partial charge in [-0.05, 0) is 19.2 Å². The molecule has 104 valence electrons. The Morgan fingerprint density at radius 3 is 2.90 bits per heavy atom. The summed E-state index contributed by atoms with van der Waals surface area (Å²) in [6.07, 6.45) is 3.54. The molecular weight excluding hydrogens is 256 g/mol. The number of benzene rings is 1. The predicted octanol–water partition coefficient (Wildman–Crippen LogP) is 2.11. The smallest absolute Gasteiger partial charge is 0.231 e. The summed E-state index contributed by atoms with van der Waals surface area (Å²) in [7, 11) is 1.90. The van der Waals surface area contributed by atoms with Gasteiger partial charge in [0.15, 0.2) is 11.5 Å². The lowest BCUT2D eigenvalue weighted by Crippen LogP contribution is -2.07. The second-order valence-corrected chi connectivity index (χ2v) is 4.49. The fourth-order valence-electron chi connectivity index (χ4n) is 2.07. The Kier molecular flexibility index (Phi) is 3.69. The molecule has 0 radical (unpaired) electrons. The molecule has 0 aliphatic carbocycles. The first-order valence-corrected chi connectivity index (χ1v) is 6.45. The highest BCUT2D eigenvalue weighted by molar-refractivity contribution is 5.51. The summed E-state index contributed by atoms with van der Waals surface area (Å²) in [5.74, 6) is 2.29. The monoisotopic (exact) mass is 272 g/mol. The number of ether oxygens (including phenoxy) is 3. The Bertz CT molecular complexity index is 587. The molecule has 0 bridgehead atoms. The van der Waals surface area contributed by atoms with Gasteiger partial charge in [0.05, 0.1) is 0 Å². The van der Waals surface area contributed by atoms with E-state index in [0.29, 0.717) is 13.2 Å². The van der Waals surface area contributed by atoms with Crippen LogP contribution in [-0.2, 0) is 13.2 Å². The third kappa shape index (κ3) is 2.67. The Morgan fingerprint density at radius 1 is 1.30 bits per heavy atom. The number of rotatable bonds is 5. The van der Waals surface area contributed by atoms with Gasteiger partial charge < -0.3 is 19.5 Å². The molecule has 0 saturated heterocycles. The quantitative estimate of drug-likeness (QED) is 0.903. The third-order valence-corrected chi connectivity index (χ3v) is 3.04. The van der Waals surface area contributed by atoms with E-state index in [-0.39, 0.29) is 6.79 Å². The van der Waals surface area contributed by atoms with Crippen LogP contribution in [0.5, 0.6) is 17.2 Å². The number of nitrogens with one attached hydrogen (secondary N) is 1. The van der Waals surface area contributed by atoms with Crippen molar-refractivity contribution in [2.45, 2.75) is 13.2 Å². The highest BCUT2D eigenvalue weighted by Gasteiger charge is 2.17. The van der Waals surface area contributed by atoms with E-state index in [4.69, 9.17) is 14.2 Å². The molecule has 1 aromatic heterocycles. The van der Waals surface area contributed by atoms with Crippen molar-refractivity contribution < 1.29 is 14.2 Å². The van der Waals surface area contributed by atoms with Crippen molar-refractivity contribution in [3.8, 4) is 17.2 Å². The van der Waals surface area contributed by atoms with Crippen LogP contribution in [0.3, 0.4) is 0 Å². The first-order valence-electron chi connectivity index (χ1n) is 6.45. The minimum atomic E-state index is 0.264. The van der Waals surface area contributed by atoms with E-state index >= 15 is 0 Å². The molecule has 0 amide bonds. The normalized spacial score (nSPS) is 12.4. The Balaban J connectivity index is 1.80. The molecule has 20 heavy (non-hydrogen) atoms. The fraction of sp³-hybridized carbons (Fsp3) is 0.267. The highest BCUT2D eigenvalue weighted by Crippen LogP contribution is 2.38. The minimum Gasteiger partial charge on any atom is -0.488 e. The van der Waals surface area contributed by atoms with Gasteiger partial charge in [-0.25, -0.2) is 0 Å². The van der Waals surface area contributed by atoms with E-state index in [1.54, 1.807) is 12.4 Å². The van der Waals surface area contributed by atoms with Gasteiger partial charge in [0, 0.05) is 36.1 Å². The molecule has 5 heteroatoms. The average molecular weight is 272 g/mol. The average Bonchev–Trinajstić information content (AvgIpc) is 2.93. The largest absolute Gasteiger partial charge is 0.488 e. The molecule has 3 rings (SSSR count). The van der Waals surface area contributed by atoms with E-state index in [0.717, 1.165) is 28.4 Å². The van der Waals surface area contributed by atoms with Crippen LogP contribution in [0.1, 0.15) is 11.1 Å². The van der Waals surface area contributed by atoms with Crippen molar-refractivity contribution in [2.75, 3.05) is 13.8 Å². The van der Waals surface area contributed by atoms with Gasteiger partial charge in [-0.1, -0.05) is 6.07 Å². The van der Waals surface area contributed by atoms with E-state index in [2.05, 4.69) is 10.3 Å². The summed E-state index contributed by atoms with van der Waals surface area (Å²) in [6, 6.07) is 7.72. The fourth-order valence-corrected chi connectivity index (χ4v) is 2.07.